The molecule has 2 aromatic carbocycles. The molecule has 0 amide bonds. The summed E-state index contributed by atoms with van der Waals surface area (Å²) >= 11 is 0. The maximum Gasteiger partial charge on any atom is 0.123 e. The van der Waals surface area contributed by atoms with Crippen LogP contribution >= 0.6 is 0 Å². The van der Waals surface area contributed by atoms with Crippen LogP contribution in [0.25, 0.3) is 0 Å². The van der Waals surface area contributed by atoms with Crippen LogP contribution in [-0.2, 0) is 6.42 Å². The fourth-order valence-corrected chi connectivity index (χ4v) is 2.37. The number of hydrogen-bond acceptors (Lipinski definition) is 1. The van der Waals surface area contributed by atoms with Crippen molar-refractivity contribution in [1.29, 1.82) is 0 Å². The summed E-state index contributed by atoms with van der Waals surface area (Å²) in [6, 6.07) is 13.5. The maximum absolute atomic E-state index is 12.8. The van der Waals surface area contributed by atoms with Crippen molar-refractivity contribution in [3.8, 4) is 0 Å². The zero-order valence-electron chi connectivity index (χ0n) is 11.7. The van der Waals surface area contributed by atoms with Crippen LogP contribution < -0.4 is 5.32 Å². The standard InChI is InChI=1S/C17H20FN/c1-12-8-13(2)10-17(9-12)19-14(3)11-15-4-6-16(18)7-5-15/h4-10,14,19H,11H2,1-3H3. The van der Waals surface area contributed by atoms with Gasteiger partial charge in [0, 0.05) is 11.7 Å². The van der Waals surface area contributed by atoms with Gasteiger partial charge in [-0.15, -0.1) is 0 Å². The quantitative estimate of drug-likeness (QED) is 0.851. The highest BCUT2D eigenvalue weighted by Crippen LogP contribution is 2.16. The van der Waals surface area contributed by atoms with E-state index in [1.54, 1.807) is 0 Å². The van der Waals surface area contributed by atoms with Gasteiger partial charge in [-0.25, -0.2) is 4.39 Å². The molecule has 2 aromatic rings. The summed E-state index contributed by atoms with van der Waals surface area (Å²) in [5, 5.41) is 3.49. The average molecular weight is 257 g/mol. The highest BCUT2D eigenvalue weighted by Gasteiger charge is 2.04. The first kappa shape index (κ1) is 13.6. The van der Waals surface area contributed by atoms with Gasteiger partial charge in [0.05, 0.1) is 0 Å². The van der Waals surface area contributed by atoms with E-state index in [2.05, 4.69) is 44.3 Å². The second kappa shape index (κ2) is 5.87. The molecule has 0 fully saturated rings. The summed E-state index contributed by atoms with van der Waals surface area (Å²) in [6.45, 7) is 6.34. The Morgan fingerprint density at radius 3 is 2.16 bits per heavy atom. The molecule has 0 spiro atoms. The van der Waals surface area contributed by atoms with Gasteiger partial charge in [0.1, 0.15) is 5.82 Å². The van der Waals surface area contributed by atoms with Crippen molar-refractivity contribution in [2.75, 3.05) is 5.32 Å². The molecule has 1 N–H and O–H groups in total. The summed E-state index contributed by atoms with van der Waals surface area (Å²) in [6.07, 6.45) is 0.882. The van der Waals surface area contributed by atoms with Crippen LogP contribution in [0.15, 0.2) is 42.5 Å². The van der Waals surface area contributed by atoms with E-state index in [9.17, 15) is 4.39 Å². The van der Waals surface area contributed by atoms with E-state index in [1.807, 2.05) is 12.1 Å². The lowest BCUT2D eigenvalue weighted by Gasteiger charge is -2.16. The Morgan fingerprint density at radius 1 is 1.00 bits per heavy atom. The van der Waals surface area contributed by atoms with Crippen molar-refractivity contribution in [1.82, 2.24) is 0 Å². The molecule has 0 bridgehead atoms. The van der Waals surface area contributed by atoms with Crippen LogP contribution in [-0.4, -0.2) is 6.04 Å². The van der Waals surface area contributed by atoms with E-state index in [4.69, 9.17) is 0 Å². The molecule has 1 nitrogen and oxygen atoms in total. The topological polar surface area (TPSA) is 12.0 Å². The molecule has 0 aliphatic heterocycles. The number of anilines is 1. The van der Waals surface area contributed by atoms with E-state index in [0.717, 1.165) is 17.7 Å². The van der Waals surface area contributed by atoms with E-state index >= 15 is 0 Å². The van der Waals surface area contributed by atoms with Gasteiger partial charge in [-0.05, 0) is 68.1 Å². The average Bonchev–Trinajstić information content (AvgIpc) is 2.30. The molecule has 2 rings (SSSR count). The molecule has 1 unspecified atom stereocenters. The first-order valence-electron chi connectivity index (χ1n) is 6.62. The highest BCUT2D eigenvalue weighted by atomic mass is 19.1. The number of halogens is 1. The normalized spacial score (nSPS) is 12.2. The maximum atomic E-state index is 12.8. The third-order valence-corrected chi connectivity index (χ3v) is 3.09. The second-order valence-electron chi connectivity index (χ2n) is 5.25. The predicted octanol–water partition coefficient (Wildman–Crippen LogP) is 4.49. The smallest absolute Gasteiger partial charge is 0.123 e. The largest absolute Gasteiger partial charge is 0.382 e. The van der Waals surface area contributed by atoms with Gasteiger partial charge in [0.2, 0.25) is 0 Å². The van der Waals surface area contributed by atoms with E-state index in [0.29, 0.717) is 6.04 Å². The van der Waals surface area contributed by atoms with Crippen molar-refractivity contribution < 1.29 is 4.39 Å². The zero-order valence-corrected chi connectivity index (χ0v) is 11.7. The van der Waals surface area contributed by atoms with Gasteiger partial charge < -0.3 is 5.32 Å². The molecule has 0 saturated carbocycles. The number of aryl methyl sites for hydroxylation is 2. The summed E-state index contributed by atoms with van der Waals surface area (Å²) in [5.74, 6) is -0.182. The van der Waals surface area contributed by atoms with E-state index < -0.39 is 0 Å². The van der Waals surface area contributed by atoms with Crippen molar-refractivity contribution in [2.45, 2.75) is 33.2 Å². The van der Waals surface area contributed by atoms with Crippen molar-refractivity contribution >= 4 is 5.69 Å². The molecular weight excluding hydrogens is 237 g/mol. The van der Waals surface area contributed by atoms with Crippen molar-refractivity contribution in [3.05, 3.63) is 65.0 Å². The minimum Gasteiger partial charge on any atom is -0.382 e. The van der Waals surface area contributed by atoms with Crippen molar-refractivity contribution in [2.24, 2.45) is 0 Å². The van der Waals surface area contributed by atoms with Gasteiger partial charge >= 0.3 is 0 Å². The summed E-state index contributed by atoms with van der Waals surface area (Å²) in [7, 11) is 0. The Labute approximate surface area is 114 Å². The summed E-state index contributed by atoms with van der Waals surface area (Å²) < 4.78 is 12.8. The predicted molar refractivity (Wildman–Crippen MR) is 79.1 cm³/mol. The van der Waals surface area contributed by atoms with Crippen LogP contribution in [0.5, 0.6) is 0 Å². The molecule has 0 radical (unpaired) electrons. The molecule has 2 heteroatoms. The first-order chi connectivity index (χ1) is 9.02. The number of hydrogen-bond donors (Lipinski definition) is 1. The minimum absolute atomic E-state index is 0.182. The van der Waals surface area contributed by atoms with Crippen LogP contribution in [0.1, 0.15) is 23.6 Å². The molecule has 0 saturated heterocycles. The monoisotopic (exact) mass is 257 g/mol. The zero-order chi connectivity index (χ0) is 13.8. The summed E-state index contributed by atoms with van der Waals surface area (Å²) in [4.78, 5) is 0. The van der Waals surface area contributed by atoms with E-state index in [1.165, 1.54) is 23.3 Å². The Balaban J connectivity index is 2.00. The van der Waals surface area contributed by atoms with Crippen LogP contribution in [0, 0.1) is 19.7 Å². The highest BCUT2D eigenvalue weighted by molar-refractivity contribution is 5.49. The number of benzene rings is 2. The van der Waals surface area contributed by atoms with Crippen LogP contribution in [0.2, 0.25) is 0 Å². The Kier molecular flexibility index (Phi) is 4.20. The van der Waals surface area contributed by atoms with Gasteiger partial charge in [0.15, 0.2) is 0 Å². The molecule has 100 valence electrons. The van der Waals surface area contributed by atoms with Crippen LogP contribution in [0.4, 0.5) is 10.1 Å². The van der Waals surface area contributed by atoms with Crippen molar-refractivity contribution in [3.63, 3.8) is 0 Å². The number of rotatable bonds is 4. The third kappa shape index (κ3) is 4.09. The van der Waals surface area contributed by atoms with Crippen LogP contribution in [0.3, 0.4) is 0 Å². The Bertz CT molecular complexity index is 525. The van der Waals surface area contributed by atoms with Gasteiger partial charge in [-0.1, -0.05) is 18.2 Å². The molecule has 0 aliphatic carbocycles. The van der Waals surface area contributed by atoms with Gasteiger partial charge in [-0.2, -0.15) is 0 Å². The Morgan fingerprint density at radius 2 is 1.58 bits per heavy atom. The van der Waals surface area contributed by atoms with Gasteiger partial charge in [0.25, 0.3) is 0 Å². The molecule has 1 atom stereocenters. The second-order valence-corrected chi connectivity index (χ2v) is 5.25. The molecular formula is C17H20FN. The lowest BCUT2D eigenvalue weighted by molar-refractivity contribution is 0.626. The molecule has 19 heavy (non-hydrogen) atoms. The van der Waals surface area contributed by atoms with E-state index in [-0.39, 0.29) is 5.82 Å². The molecule has 0 aliphatic rings. The lowest BCUT2D eigenvalue weighted by Crippen LogP contribution is -2.18. The van der Waals surface area contributed by atoms with Gasteiger partial charge in [-0.3, -0.25) is 0 Å². The third-order valence-electron chi connectivity index (χ3n) is 3.09. The minimum atomic E-state index is -0.182. The summed E-state index contributed by atoms with van der Waals surface area (Å²) in [5.41, 5.74) is 4.81. The molecule has 0 aromatic heterocycles. The Hall–Kier alpha value is -1.83. The molecule has 0 heterocycles. The SMILES string of the molecule is Cc1cc(C)cc(NC(C)Cc2ccc(F)cc2)c1. The number of nitrogens with one attached hydrogen (secondary N) is 1. The first-order valence-corrected chi connectivity index (χ1v) is 6.62. The fraction of sp³-hybridized carbons (Fsp3) is 0.294. The fourth-order valence-electron chi connectivity index (χ4n) is 2.37. The lowest BCUT2D eigenvalue weighted by atomic mass is 10.1.